The third-order valence-electron chi connectivity index (χ3n) is 6.08. The molecule has 4 rings (SSSR count). The number of hydrazine groups is 1. The summed E-state index contributed by atoms with van der Waals surface area (Å²) in [7, 11) is 0. The molecule has 188 valence electrons. The lowest BCUT2D eigenvalue weighted by molar-refractivity contribution is -0.384. The molecular weight excluding hydrogens is 476 g/mol. The maximum Gasteiger partial charge on any atom is 0.273 e. The first-order valence-electron chi connectivity index (χ1n) is 11.5. The molecule has 4 amide bonds. The number of nitrogens with zero attached hydrogens (tertiary/aromatic N) is 3. The van der Waals surface area contributed by atoms with E-state index in [2.05, 4.69) is 5.43 Å². The number of hydrogen-bond donors (Lipinski definition) is 1. The van der Waals surface area contributed by atoms with Gasteiger partial charge in [0.2, 0.25) is 5.91 Å². The highest BCUT2D eigenvalue weighted by Crippen LogP contribution is 2.27. The molecule has 3 aromatic rings. The Morgan fingerprint density at radius 2 is 1.65 bits per heavy atom. The average Bonchev–Trinajstić information content (AvgIpc) is 3.15. The van der Waals surface area contributed by atoms with E-state index in [0.717, 1.165) is 27.1 Å². The quantitative estimate of drug-likeness (QED) is 0.323. The van der Waals surface area contributed by atoms with Crippen LogP contribution in [0, 0.1) is 30.9 Å². The molecule has 1 heterocycles. The monoisotopic (exact) mass is 500 g/mol. The van der Waals surface area contributed by atoms with Crippen LogP contribution in [0.25, 0.3) is 0 Å². The van der Waals surface area contributed by atoms with E-state index in [1.54, 1.807) is 50.2 Å². The summed E-state index contributed by atoms with van der Waals surface area (Å²) in [5.74, 6) is -2.72. The molecule has 1 N–H and O–H groups in total. The topological polar surface area (TPSA) is 130 Å². The summed E-state index contributed by atoms with van der Waals surface area (Å²) in [6.45, 7) is 5.20. The molecule has 1 saturated heterocycles. The SMILES string of the molecule is Cc1cccc(C(=O)N(NC(=O)c2cc([N+](=O)[O-])ccc2C)C2CC(=O)N(c3cccc(C)c3)C2=O)c1. The number of imide groups is 1. The first kappa shape index (κ1) is 25.2. The van der Waals surface area contributed by atoms with E-state index in [1.807, 2.05) is 13.0 Å². The van der Waals surface area contributed by atoms with Crippen LogP contribution in [0.5, 0.6) is 0 Å². The van der Waals surface area contributed by atoms with Crippen LogP contribution in [-0.2, 0) is 9.59 Å². The van der Waals surface area contributed by atoms with E-state index < -0.39 is 34.6 Å². The van der Waals surface area contributed by atoms with Crippen LogP contribution in [-0.4, -0.2) is 39.6 Å². The number of carbonyl (C=O) groups is 4. The Morgan fingerprint density at radius 3 is 2.30 bits per heavy atom. The van der Waals surface area contributed by atoms with E-state index in [-0.39, 0.29) is 23.2 Å². The summed E-state index contributed by atoms with van der Waals surface area (Å²) in [4.78, 5) is 64.8. The van der Waals surface area contributed by atoms with Gasteiger partial charge in [-0.25, -0.2) is 9.91 Å². The second-order valence-corrected chi connectivity index (χ2v) is 8.87. The Balaban J connectivity index is 1.73. The standard InChI is InChI=1S/C27H24N4O6/c1-16-6-4-8-19(12-16)26(34)30(28-25(33)22-14-21(31(36)37)11-10-18(22)3)23-15-24(32)29(27(23)35)20-9-5-7-17(2)13-20/h4-14,23H,15H2,1-3H3,(H,28,33). The summed E-state index contributed by atoms with van der Waals surface area (Å²) in [6, 6.07) is 15.9. The van der Waals surface area contributed by atoms with E-state index >= 15 is 0 Å². The van der Waals surface area contributed by atoms with Crippen LogP contribution in [0.15, 0.2) is 66.7 Å². The second kappa shape index (κ2) is 10.0. The van der Waals surface area contributed by atoms with Gasteiger partial charge in [-0.3, -0.25) is 34.7 Å². The highest BCUT2D eigenvalue weighted by atomic mass is 16.6. The minimum Gasteiger partial charge on any atom is -0.274 e. The number of anilines is 1. The van der Waals surface area contributed by atoms with Gasteiger partial charge in [0.15, 0.2) is 0 Å². The van der Waals surface area contributed by atoms with Crippen molar-refractivity contribution in [1.82, 2.24) is 10.4 Å². The number of rotatable bonds is 5. The summed E-state index contributed by atoms with van der Waals surface area (Å²) < 4.78 is 0. The molecule has 0 aromatic heterocycles. The minimum absolute atomic E-state index is 0.0384. The van der Waals surface area contributed by atoms with Gasteiger partial charge in [0.1, 0.15) is 6.04 Å². The Bertz CT molecular complexity index is 1450. The summed E-state index contributed by atoms with van der Waals surface area (Å²) in [5.41, 5.74) is 4.73. The zero-order chi connectivity index (χ0) is 26.9. The van der Waals surface area contributed by atoms with Gasteiger partial charge < -0.3 is 0 Å². The van der Waals surface area contributed by atoms with Crippen LogP contribution < -0.4 is 10.3 Å². The maximum absolute atomic E-state index is 13.6. The number of benzene rings is 3. The van der Waals surface area contributed by atoms with Crippen molar-refractivity contribution in [2.24, 2.45) is 0 Å². The highest BCUT2D eigenvalue weighted by Gasteiger charge is 2.45. The van der Waals surface area contributed by atoms with Crippen molar-refractivity contribution < 1.29 is 24.1 Å². The average molecular weight is 501 g/mol. The molecule has 0 radical (unpaired) electrons. The normalized spacial score (nSPS) is 15.0. The molecule has 1 aliphatic heterocycles. The van der Waals surface area contributed by atoms with Crippen molar-refractivity contribution in [1.29, 1.82) is 0 Å². The van der Waals surface area contributed by atoms with Crippen LogP contribution in [0.2, 0.25) is 0 Å². The lowest BCUT2D eigenvalue weighted by atomic mass is 10.1. The number of nitro benzene ring substituents is 1. The first-order chi connectivity index (χ1) is 17.6. The predicted molar refractivity (Wildman–Crippen MR) is 135 cm³/mol. The highest BCUT2D eigenvalue weighted by molar-refractivity contribution is 6.23. The number of aryl methyl sites for hydroxylation is 3. The van der Waals surface area contributed by atoms with Crippen molar-refractivity contribution >= 4 is 35.0 Å². The number of nitrogens with one attached hydrogen (secondary N) is 1. The Kier molecular flexibility index (Phi) is 6.83. The Labute approximate surface area is 212 Å². The van der Waals surface area contributed by atoms with Crippen molar-refractivity contribution in [2.75, 3.05) is 4.90 Å². The van der Waals surface area contributed by atoms with Crippen molar-refractivity contribution in [3.05, 3.63) is 105 Å². The lowest BCUT2D eigenvalue weighted by Crippen LogP contribution is -2.54. The molecule has 0 saturated carbocycles. The van der Waals surface area contributed by atoms with Gasteiger partial charge in [-0.2, -0.15) is 0 Å². The van der Waals surface area contributed by atoms with Gasteiger partial charge in [-0.1, -0.05) is 35.9 Å². The smallest absolute Gasteiger partial charge is 0.273 e. The van der Waals surface area contributed by atoms with Crippen LogP contribution in [0.3, 0.4) is 0 Å². The number of hydrogen-bond acceptors (Lipinski definition) is 6. The molecule has 0 bridgehead atoms. The zero-order valence-electron chi connectivity index (χ0n) is 20.4. The first-order valence-corrected chi connectivity index (χ1v) is 11.5. The lowest BCUT2D eigenvalue weighted by Gasteiger charge is -2.28. The van der Waals surface area contributed by atoms with E-state index in [4.69, 9.17) is 0 Å². The van der Waals surface area contributed by atoms with Crippen LogP contribution >= 0.6 is 0 Å². The van der Waals surface area contributed by atoms with Crippen molar-refractivity contribution in [2.45, 2.75) is 33.2 Å². The van der Waals surface area contributed by atoms with Gasteiger partial charge in [-0.05, 0) is 56.2 Å². The van der Waals surface area contributed by atoms with Crippen LogP contribution in [0.1, 0.15) is 43.8 Å². The molecule has 10 nitrogen and oxygen atoms in total. The molecule has 1 unspecified atom stereocenters. The van der Waals surface area contributed by atoms with Gasteiger partial charge in [0.05, 0.1) is 22.6 Å². The molecule has 1 atom stereocenters. The molecule has 0 spiro atoms. The summed E-state index contributed by atoms with van der Waals surface area (Å²) in [6.07, 6.45) is -0.349. The van der Waals surface area contributed by atoms with E-state index in [0.29, 0.717) is 11.3 Å². The van der Waals surface area contributed by atoms with Crippen molar-refractivity contribution in [3.8, 4) is 0 Å². The number of amides is 4. The summed E-state index contributed by atoms with van der Waals surface area (Å²) >= 11 is 0. The fraction of sp³-hybridized carbons (Fsp3) is 0.185. The van der Waals surface area contributed by atoms with Gasteiger partial charge in [-0.15, -0.1) is 0 Å². The summed E-state index contributed by atoms with van der Waals surface area (Å²) in [5, 5.41) is 12.1. The third kappa shape index (κ3) is 5.08. The fourth-order valence-corrected chi connectivity index (χ4v) is 4.18. The molecule has 10 heteroatoms. The molecule has 37 heavy (non-hydrogen) atoms. The molecule has 3 aromatic carbocycles. The Morgan fingerprint density at radius 1 is 0.973 bits per heavy atom. The van der Waals surface area contributed by atoms with E-state index in [1.165, 1.54) is 18.2 Å². The molecule has 1 aliphatic rings. The van der Waals surface area contributed by atoms with Gasteiger partial charge in [0, 0.05) is 17.7 Å². The number of carbonyl (C=O) groups excluding carboxylic acids is 4. The number of nitro groups is 1. The van der Waals surface area contributed by atoms with E-state index in [9.17, 15) is 29.3 Å². The largest absolute Gasteiger partial charge is 0.274 e. The molecular formula is C27H24N4O6. The Hall–Kier alpha value is -4.86. The second-order valence-electron chi connectivity index (χ2n) is 8.87. The number of non-ortho nitro benzene ring substituents is 1. The fourth-order valence-electron chi connectivity index (χ4n) is 4.18. The van der Waals surface area contributed by atoms with Gasteiger partial charge in [0.25, 0.3) is 23.4 Å². The van der Waals surface area contributed by atoms with Crippen molar-refractivity contribution in [3.63, 3.8) is 0 Å². The third-order valence-corrected chi connectivity index (χ3v) is 6.08. The van der Waals surface area contributed by atoms with Gasteiger partial charge >= 0.3 is 0 Å². The maximum atomic E-state index is 13.6. The zero-order valence-corrected chi connectivity index (χ0v) is 20.4. The molecule has 1 fully saturated rings. The van der Waals surface area contributed by atoms with Crippen LogP contribution in [0.4, 0.5) is 11.4 Å². The molecule has 0 aliphatic carbocycles. The predicted octanol–water partition coefficient (Wildman–Crippen LogP) is 3.64. The minimum atomic E-state index is -1.32.